The number of carbonyl (C=O) groups excluding carboxylic acids is 1. The Labute approximate surface area is 120 Å². The second-order valence-corrected chi connectivity index (χ2v) is 5.89. The standard InChI is InChI=1S/C16H23N3O/c20-16(18-14-6-2-1-3-7-14)19(15-8-9-15)12-13-5-4-10-17-11-13/h1-3,6-7,13,15,17H,4-5,8-12H2,(H,18,20). The smallest absolute Gasteiger partial charge is 0.321 e. The average Bonchev–Trinajstić information content (AvgIpc) is 3.31. The summed E-state index contributed by atoms with van der Waals surface area (Å²) in [6.07, 6.45) is 4.77. The van der Waals surface area contributed by atoms with Crippen LogP contribution in [0.1, 0.15) is 25.7 Å². The highest BCUT2D eigenvalue weighted by molar-refractivity contribution is 5.89. The first-order valence-corrected chi connectivity index (χ1v) is 7.66. The van der Waals surface area contributed by atoms with Gasteiger partial charge in [-0.3, -0.25) is 0 Å². The van der Waals surface area contributed by atoms with Crippen LogP contribution in [0.25, 0.3) is 0 Å². The summed E-state index contributed by atoms with van der Waals surface area (Å²) >= 11 is 0. The molecule has 1 saturated heterocycles. The molecule has 1 aliphatic carbocycles. The van der Waals surface area contributed by atoms with Crippen molar-refractivity contribution in [3.63, 3.8) is 0 Å². The lowest BCUT2D eigenvalue weighted by atomic mass is 9.99. The Balaban J connectivity index is 1.59. The normalized spacial score (nSPS) is 22.3. The van der Waals surface area contributed by atoms with Gasteiger partial charge in [0.25, 0.3) is 0 Å². The summed E-state index contributed by atoms with van der Waals surface area (Å²) in [5.74, 6) is 0.603. The van der Waals surface area contributed by atoms with E-state index in [-0.39, 0.29) is 6.03 Å². The van der Waals surface area contributed by atoms with E-state index in [1.807, 2.05) is 35.2 Å². The van der Waals surface area contributed by atoms with Crippen LogP contribution in [0.5, 0.6) is 0 Å². The summed E-state index contributed by atoms with van der Waals surface area (Å²) in [6, 6.07) is 10.2. The molecular formula is C16H23N3O. The lowest BCUT2D eigenvalue weighted by Crippen LogP contribution is -2.43. The number of carbonyl (C=O) groups is 1. The summed E-state index contributed by atoms with van der Waals surface area (Å²) < 4.78 is 0. The zero-order valence-electron chi connectivity index (χ0n) is 11.8. The number of para-hydroxylation sites is 1. The number of piperidine rings is 1. The van der Waals surface area contributed by atoms with Crippen LogP contribution in [0.15, 0.2) is 30.3 Å². The average molecular weight is 273 g/mol. The first-order valence-electron chi connectivity index (χ1n) is 7.66. The molecule has 1 aliphatic heterocycles. The van der Waals surface area contributed by atoms with Crippen LogP contribution >= 0.6 is 0 Å². The van der Waals surface area contributed by atoms with Gasteiger partial charge in [0.05, 0.1) is 0 Å². The van der Waals surface area contributed by atoms with Crippen molar-refractivity contribution in [2.75, 3.05) is 25.0 Å². The summed E-state index contributed by atoms with van der Waals surface area (Å²) in [6.45, 7) is 3.05. The molecule has 20 heavy (non-hydrogen) atoms. The Morgan fingerprint density at radius 3 is 2.70 bits per heavy atom. The molecule has 1 heterocycles. The fourth-order valence-electron chi connectivity index (χ4n) is 2.86. The molecule has 0 spiro atoms. The van der Waals surface area contributed by atoms with Gasteiger partial charge in [0.1, 0.15) is 0 Å². The third-order valence-corrected chi connectivity index (χ3v) is 4.13. The molecule has 3 rings (SSSR count). The molecule has 1 aromatic rings. The number of hydrogen-bond acceptors (Lipinski definition) is 2. The van der Waals surface area contributed by atoms with Crippen molar-refractivity contribution in [2.24, 2.45) is 5.92 Å². The predicted molar refractivity (Wildman–Crippen MR) is 80.8 cm³/mol. The highest BCUT2D eigenvalue weighted by Gasteiger charge is 2.34. The van der Waals surface area contributed by atoms with Gasteiger partial charge in [0, 0.05) is 18.3 Å². The topological polar surface area (TPSA) is 44.4 Å². The van der Waals surface area contributed by atoms with Crippen molar-refractivity contribution < 1.29 is 4.79 Å². The van der Waals surface area contributed by atoms with E-state index in [1.54, 1.807) is 0 Å². The fourth-order valence-corrected chi connectivity index (χ4v) is 2.86. The second kappa shape index (κ2) is 6.27. The zero-order valence-corrected chi connectivity index (χ0v) is 11.8. The first-order chi connectivity index (χ1) is 9.83. The molecule has 2 amide bonds. The van der Waals surface area contributed by atoms with Crippen molar-refractivity contribution in [1.82, 2.24) is 10.2 Å². The van der Waals surface area contributed by atoms with Gasteiger partial charge in [-0.25, -0.2) is 4.79 Å². The summed E-state index contributed by atoms with van der Waals surface area (Å²) in [5.41, 5.74) is 0.880. The van der Waals surface area contributed by atoms with Gasteiger partial charge < -0.3 is 15.5 Å². The Hall–Kier alpha value is -1.55. The molecule has 2 aliphatic rings. The number of amides is 2. The third-order valence-electron chi connectivity index (χ3n) is 4.13. The van der Waals surface area contributed by atoms with Crippen molar-refractivity contribution in [2.45, 2.75) is 31.7 Å². The van der Waals surface area contributed by atoms with Gasteiger partial charge in [0.15, 0.2) is 0 Å². The molecule has 0 radical (unpaired) electrons. The lowest BCUT2D eigenvalue weighted by Gasteiger charge is -2.30. The van der Waals surface area contributed by atoms with Crippen LogP contribution in [0.4, 0.5) is 10.5 Å². The van der Waals surface area contributed by atoms with E-state index in [9.17, 15) is 4.79 Å². The minimum Gasteiger partial charge on any atom is -0.321 e. The maximum absolute atomic E-state index is 12.5. The monoisotopic (exact) mass is 273 g/mol. The van der Waals surface area contributed by atoms with Crippen molar-refractivity contribution in [3.05, 3.63) is 30.3 Å². The van der Waals surface area contributed by atoms with E-state index in [0.29, 0.717) is 12.0 Å². The van der Waals surface area contributed by atoms with E-state index in [4.69, 9.17) is 0 Å². The molecule has 1 saturated carbocycles. The van der Waals surface area contributed by atoms with Crippen LogP contribution in [0, 0.1) is 5.92 Å². The minimum atomic E-state index is 0.0595. The highest BCUT2D eigenvalue weighted by atomic mass is 16.2. The molecule has 2 N–H and O–H groups in total. The molecule has 4 heteroatoms. The molecule has 4 nitrogen and oxygen atoms in total. The Morgan fingerprint density at radius 2 is 2.05 bits per heavy atom. The van der Waals surface area contributed by atoms with E-state index in [1.165, 1.54) is 12.8 Å². The van der Waals surface area contributed by atoms with E-state index in [0.717, 1.165) is 38.2 Å². The third kappa shape index (κ3) is 3.51. The quantitative estimate of drug-likeness (QED) is 0.886. The Kier molecular flexibility index (Phi) is 4.21. The summed E-state index contributed by atoms with van der Waals surface area (Å²) in [5, 5.41) is 6.45. The Bertz CT molecular complexity index is 438. The van der Waals surface area contributed by atoms with E-state index < -0.39 is 0 Å². The van der Waals surface area contributed by atoms with Gasteiger partial charge in [-0.2, -0.15) is 0 Å². The second-order valence-electron chi connectivity index (χ2n) is 5.89. The fraction of sp³-hybridized carbons (Fsp3) is 0.562. The van der Waals surface area contributed by atoms with Crippen LogP contribution < -0.4 is 10.6 Å². The van der Waals surface area contributed by atoms with Crippen LogP contribution in [0.2, 0.25) is 0 Å². The Morgan fingerprint density at radius 1 is 1.25 bits per heavy atom. The van der Waals surface area contributed by atoms with Gasteiger partial charge in [0.2, 0.25) is 0 Å². The van der Waals surface area contributed by atoms with Crippen LogP contribution in [-0.2, 0) is 0 Å². The molecule has 1 aromatic carbocycles. The first kappa shape index (κ1) is 13.4. The number of anilines is 1. The van der Waals surface area contributed by atoms with Crippen LogP contribution in [-0.4, -0.2) is 36.6 Å². The van der Waals surface area contributed by atoms with Gasteiger partial charge in [-0.1, -0.05) is 18.2 Å². The molecule has 108 valence electrons. The number of hydrogen-bond donors (Lipinski definition) is 2. The molecule has 1 atom stereocenters. The molecular weight excluding hydrogens is 250 g/mol. The molecule has 2 fully saturated rings. The minimum absolute atomic E-state index is 0.0595. The number of rotatable bonds is 4. The lowest BCUT2D eigenvalue weighted by molar-refractivity contribution is 0.190. The van der Waals surface area contributed by atoms with Crippen molar-refractivity contribution >= 4 is 11.7 Å². The number of benzene rings is 1. The highest BCUT2D eigenvalue weighted by Crippen LogP contribution is 2.29. The molecule has 1 unspecified atom stereocenters. The van der Waals surface area contributed by atoms with Gasteiger partial charge in [-0.15, -0.1) is 0 Å². The molecule has 0 aromatic heterocycles. The van der Waals surface area contributed by atoms with Crippen LogP contribution in [0.3, 0.4) is 0 Å². The van der Waals surface area contributed by atoms with Crippen molar-refractivity contribution in [1.29, 1.82) is 0 Å². The summed E-state index contributed by atoms with van der Waals surface area (Å²) in [7, 11) is 0. The SMILES string of the molecule is O=C(Nc1ccccc1)N(CC1CCCNC1)C1CC1. The zero-order chi connectivity index (χ0) is 13.8. The van der Waals surface area contributed by atoms with Gasteiger partial charge >= 0.3 is 6.03 Å². The maximum Gasteiger partial charge on any atom is 0.322 e. The molecule has 0 bridgehead atoms. The van der Waals surface area contributed by atoms with Gasteiger partial charge in [-0.05, 0) is 56.8 Å². The maximum atomic E-state index is 12.5. The number of urea groups is 1. The number of nitrogens with zero attached hydrogens (tertiary/aromatic N) is 1. The number of nitrogens with one attached hydrogen (secondary N) is 2. The van der Waals surface area contributed by atoms with E-state index in [2.05, 4.69) is 10.6 Å². The largest absolute Gasteiger partial charge is 0.322 e. The van der Waals surface area contributed by atoms with Crippen molar-refractivity contribution in [3.8, 4) is 0 Å². The predicted octanol–water partition coefficient (Wildman–Crippen LogP) is 2.68. The van der Waals surface area contributed by atoms with E-state index >= 15 is 0 Å². The summed E-state index contributed by atoms with van der Waals surface area (Å²) in [4.78, 5) is 14.5.